The molecule has 0 amide bonds. The van der Waals surface area contributed by atoms with Crippen molar-refractivity contribution in [2.24, 2.45) is 0 Å². The molecule has 0 radical (unpaired) electrons. The molecule has 4 N–H and O–H groups in total. The fraction of sp³-hybridized carbons (Fsp3) is 0.421. The second-order valence-electron chi connectivity index (χ2n) is 6.28. The molecule has 1 unspecified atom stereocenters. The normalized spacial score (nSPS) is 15.9. The molecule has 1 saturated heterocycles. The van der Waals surface area contributed by atoms with Gasteiger partial charge in [0.2, 0.25) is 0 Å². The van der Waals surface area contributed by atoms with Crippen LogP contribution in [0.15, 0.2) is 24.7 Å². The largest absolute Gasteiger partial charge is 0.384 e. The first-order valence-electron chi connectivity index (χ1n) is 9.04. The maximum atomic E-state index is 9.94. The molecule has 0 aromatic carbocycles. The zero-order chi connectivity index (χ0) is 19.2. The third kappa shape index (κ3) is 4.52. The molecule has 1 fully saturated rings. The number of nitrogen functional groups attached to an aromatic ring is 1. The van der Waals surface area contributed by atoms with Gasteiger partial charge < -0.3 is 15.7 Å². The van der Waals surface area contributed by atoms with E-state index in [-0.39, 0.29) is 0 Å². The Labute approximate surface area is 159 Å². The zero-order valence-corrected chi connectivity index (χ0v) is 15.7. The van der Waals surface area contributed by atoms with E-state index < -0.39 is 6.35 Å². The van der Waals surface area contributed by atoms with Crippen LogP contribution >= 0.6 is 0 Å². The summed E-state index contributed by atoms with van der Waals surface area (Å²) in [6.45, 7) is 5.06. The summed E-state index contributed by atoms with van der Waals surface area (Å²) in [5, 5.41) is 12.8. The van der Waals surface area contributed by atoms with Crippen LogP contribution < -0.4 is 16.0 Å². The Hall–Kier alpha value is -2.73. The molecule has 3 heterocycles. The summed E-state index contributed by atoms with van der Waals surface area (Å²) in [6.07, 6.45) is 3.41. The quantitative estimate of drug-likeness (QED) is 0.514. The van der Waals surface area contributed by atoms with Gasteiger partial charge in [-0.25, -0.2) is 15.0 Å². The molecule has 0 saturated carbocycles. The van der Waals surface area contributed by atoms with Crippen LogP contribution in [0, 0.1) is 11.8 Å². The Balaban J connectivity index is 1.86. The smallest absolute Gasteiger partial charge is 0.162 e. The molecule has 8 nitrogen and oxygen atoms in total. The van der Waals surface area contributed by atoms with Crippen molar-refractivity contribution in [1.29, 1.82) is 0 Å². The number of aryl methyl sites for hydroxylation is 1. The summed E-state index contributed by atoms with van der Waals surface area (Å²) in [7, 11) is 1.74. The Morgan fingerprint density at radius 2 is 1.96 bits per heavy atom. The van der Waals surface area contributed by atoms with Gasteiger partial charge in [-0.3, -0.25) is 10.2 Å². The van der Waals surface area contributed by atoms with E-state index in [4.69, 9.17) is 5.73 Å². The highest BCUT2D eigenvalue weighted by molar-refractivity contribution is 5.59. The summed E-state index contributed by atoms with van der Waals surface area (Å²) in [5.41, 5.74) is 8.20. The molecule has 3 rings (SSSR count). The molecule has 142 valence electrons. The van der Waals surface area contributed by atoms with Crippen LogP contribution in [0.3, 0.4) is 0 Å². The lowest BCUT2D eigenvalue weighted by molar-refractivity contribution is -0.0194. The van der Waals surface area contributed by atoms with Gasteiger partial charge in [0.15, 0.2) is 6.35 Å². The number of piperazine rings is 1. The summed E-state index contributed by atoms with van der Waals surface area (Å²) < 4.78 is 0. The minimum atomic E-state index is -0.624. The van der Waals surface area contributed by atoms with Crippen LogP contribution in [0.25, 0.3) is 0 Å². The van der Waals surface area contributed by atoms with Gasteiger partial charge in [-0.15, -0.1) is 0 Å². The van der Waals surface area contributed by atoms with E-state index in [9.17, 15) is 5.11 Å². The number of hydrogen-bond donors (Lipinski definition) is 3. The van der Waals surface area contributed by atoms with E-state index in [0.717, 1.165) is 55.2 Å². The standard InChI is InChI=1S/C19H25N7O/c1-3-16-15(6-4-14-5-7-17(20)22-12-14)18(24-13-23-16)25-8-10-26(11-9-25)19(27)21-2/h5,7,12-13,19,21,27H,3,8-11H2,1-2H3,(H2,20,22). The van der Waals surface area contributed by atoms with Crippen molar-refractivity contribution in [1.82, 2.24) is 25.2 Å². The third-order valence-electron chi connectivity index (χ3n) is 4.58. The van der Waals surface area contributed by atoms with E-state index >= 15 is 0 Å². The number of hydrogen-bond acceptors (Lipinski definition) is 8. The monoisotopic (exact) mass is 367 g/mol. The molecule has 8 heteroatoms. The molecule has 2 aromatic rings. The number of pyridine rings is 1. The molecule has 0 spiro atoms. The average Bonchev–Trinajstić information content (AvgIpc) is 2.72. The fourth-order valence-electron chi connectivity index (χ4n) is 3.02. The SMILES string of the molecule is CCc1ncnc(N2CCN(C(O)NC)CC2)c1C#Cc1ccc(N)nc1. The first-order valence-corrected chi connectivity index (χ1v) is 9.04. The van der Waals surface area contributed by atoms with Crippen LogP contribution in [0.4, 0.5) is 11.6 Å². The average molecular weight is 367 g/mol. The molecular formula is C19H25N7O. The number of nitrogens with one attached hydrogen (secondary N) is 1. The molecule has 1 aliphatic heterocycles. The number of aliphatic hydroxyl groups is 1. The Morgan fingerprint density at radius 3 is 2.59 bits per heavy atom. The van der Waals surface area contributed by atoms with Crippen molar-refractivity contribution < 1.29 is 5.11 Å². The lowest BCUT2D eigenvalue weighted by atomic mass is 10.1. The van der Waals surface area contributed by atoms with Crippen LogP contribution in [-0.4, -0.2) is 64.5 Å². The maximum Gasteiger partial charge on any atom is 0.162 e. The summed E-state index contributed by atoms with van der Waals surface area (Å²) in [6, 6.07) is 3.59. The van der Waals surface area contributed by atoms with Gasteiger partial charge in [-0.1, -0.05) is 18.8 Å². The van der Waals surface area contributed by atoms with Gasteiger partial charge in [0, 0.05) is 37.9 Å². The predicted molar refractivity (Wildman–Crippen MR) is 105 cm³/mol. The lowest BCUT2D eigenvalue weighted by Crippen LogP contribution is -2.54. The minimum Gasteiger partial charge on any atom is -0.384 e. The number of aromatic nitrogens is 3. The second kappa shape index (κ2) is 8.77. The zero-order valence-electron chi connectivity index (χ0n) is 15.7. The van der Waals surface area contributed by atoms with Crippen molar-refractivity contribution >= 4 is 11.6 Å². The molecule has 0 aliphatic carbocycles. The van der Waals surface area contributed by atoms with Crippen LogP contribution in [0.5, 0.6) is 0 Å². The first-order chi connectivity index (χ1) is 13.1. The van der Waals surface area contributed by atoms with E-state index in [2.05, 4.69) is 43.9 Å². The van der Waals surface area contributed by atoms with Gasteiger partial charge in [0.25, 0.3) is 0 Å². The molecule has 1 atom stereocenters. The summed E-state index contributed by atoms with van der Waals surface area (Å²) >= 11 is 0. The van der Waals surface area contributed by atoms with Gasteiger partial charge in [0.05, 0.1) is 11.3 Å². The van der Waals surface area contributed by atoms with E-state index in [1.54, 1.807) is 25.6 Å². The summed E-state index contributed by atoms with van der Waals surface area (Å²) in [4.78, 5) is 17.2. The van der Waals surface area contributed by atoms with Gasteiger partial charge in [-0.2, -0.15) is 0 Å². The molecule has 1 aliphatic rings. The third-order valence-corrected chi connectivity index (χ3v) is 4.58. The molecule has 2 aromatic heterocycles. The second-order valence-corrected chi connectivity index (χ2v) is 6.28. The van der Waals surface area contributed by atoms with Gasteiger partial charge >= 0.3 is 0 Å². The minimum absolute atomic E-state index is 0.472. The Bertz CT molecular complexity index is 820. The van der Waals surface area contributed by atoms with Crippen molar-refractivity contribution in [2.75, 3.05) is 43.9 Å². The number of rotatable bonds is 4. The first kappa shape index (κ1) is 19.0. The van der Waals surface area contributed by atoms with Crippen molar-refractivity contribution in [2.45, 2.75) is 19.7 Å². The van der Waals surface area contributed by atoms with E-state index in [0.29, 0.717) is 5.82 Å². The van der Waals surface area contributed by atoms with Crippen LogP contribution in [0.1, 0.15) is 23.7 Å². The highest BCUT2D eigenvalue weighted by atomic mass is 16.3. The Morgan fingerprint density at radius 1 is 1.19 bits per heavy atom. The van der Waals surface area contributed by atoms with Crippen molar-refractivity contribution in [3.05, 3.63) is 41.5 Å². The topological polar surface area (TPSA) is 103 Å². The van der Waals surface area contributed by atoms with Gasteiger partial charge in [0.1, 0.15) is 18.0 Å². The number of aliphatic hydroxyl groups excluding tert-OH is 1. The molecule has 0 bridgehead atoms. The number of anilines is 2. The number of nitrogens with two attached hydrogens (primary N) is 1. The Kier molecular flexibility index (Phi) is 6.19. The predicted octanol–water partition coefficient (Wildman–Crippen LogP) is 0.0333. The molecule has 27 heavy (non-hydrogen) atoms. The molecular weight excluding hydrogens is 342 g/mol. The highest BCUT2D eigenvalue weighted by Gasteiger charge is 2.24. The van der Waals surface area contributed by atoms with Gasteiger partial charge in [-0.05, 0) is 25.6 Å². The van der Waals surface area contributed by atoms with Crippen molar-refractivity contribution in [3.63, 3.8) is 0 Å². The maximum absolute atomic E-state index is 9.94. The van der Waals surface area contributed by atoms with Crippen LogP contribution in [-0.2, 0) is 6.42 Å². The van der Waals surface area contributed by atoms with E-state index in [1.165, 1.54) is 0 Å². The van der Waals surface area contributed by atoms with Crippen LogP contribution in [0.2, 0.25) is 0 Å². The fourth-order valence-corrected chi connectivity index (χ4v) is 3.02. The number of nitrogens with zero attached hydrogens (tertiary/aromatic N) is 5. The van der Waals surface area contributed by atoms with Crippen molar-refractivity contribution in [3.8, 4) is 11.8 Å². The summed E-state index contributed by atoms with van der Waals surface area (Å²) in [5.74, 6) is 7.70. The highest BCUT2D eigenvalue weighted by Crippen LogP contribution is 2.21. The van der Waals surface area contributed by atoms with E-state index in [1.807, 2.05) is 11.0 Å². The lowest BCUT2D eigenvalue weighted by Gasteiger charge is -2.37.